The van der Waals surface area contributed by atoms with Gasteiger partial charge in [0.05, 0.1) is 12.7 Å². The highest BCUT2D eigenvalue weighted by atomic mass is 32.1. The topological polar surface area (TPSA) is 12.0 Å². The molecular formula is C7H14BNS. The number of nitrogens with one attached hydrogen (secondary N) is 1. The van der Waals surface area contributed by atoms with E-state index in [4.69, 9.17) is 7.85 Å². The van der Waals surface area contributed by atoms with Gasteiger partial charge in [0, 0.05) is 0 Å². The molecule has 2 atom stereocenters. The molecule has 2 radical (unpaired) electrons. The Morgan fingerprint density at radius 3 is 2.80 bits per heavy atom. The average Bonchev–Trinajstić information content (AvgIpc) is 2.42. The fraction of sp³-hybridized carbons (Fsp3) is 1.00. The molecule has 0 amide bonds. The number of hydrogen-bond acceptors (Lipinski definition) is 2. The molecule has 10 heavy (non-hydrogen) atoms. The Kier molecular flexibility index (Phi) is 2.70. The summed E-state index contributed by atoms with van der Waals surface area (Å²) in [6, 6.07) is 0. The van der Waals surface area contributed by atoms with Gasteiger partial charge >= 0.3 is 0 Å². The summed E-state index contributed by atoms with van der Waals surface area (Å²) in [6.07, 6.45) is 3.46. The monoisotopic (exact) mass is 155 g/mol. The van der Waals surface area contributed by atoms with Crippen molar-refractivity contribution in [2.75, 3.05) is 6.54 Å². The van der Waals surface area contributed by atoms with Gasteiger partial charge in [0.15, 0.2) is 0 Å². The van der Waals surface area contributed by atoms with Crippen LogP contribution in [0.25, 0.3) is 0 Å². The Bertz CT molecular complexity index is 120. The van der Waals surface area contributed by atoms with Gasteiger partial charge in [-0.3, -0.25) is 0 Å². The molecule has 0 aromatic carbocycles. The van der Waals surface area contributed by atoms with E-state index in [0.717, 1.165) is 13.0 Å². The molecule has 1 nitrogen and oxygen atoms in total. The van der Waals surface area contributed by atoms with Crippen LogP contribution in [-0.4, -0.2) is 19.3 Å². The van der Waals surface area contributed by atoms with E-state index in [2.05, 4.69) is 24.9 Å². The molecule has 0 spiro atoms. The van der Waals surface area contributed by atoms with E-state index in [-0.39, 0.29) is 10.7 Å². The van der Waals surface area contributed by atoms with Crippen LogP contribution in [0.2, 0.25) is 5.82 Å². The van der Waals surface area contributed by atoms with Gasteiger partial charge in [-0.25, -0.2) is 0 Å². The number of hydrogen-bond donors (Lipinski definition) is 2. The maximum absolute atomic E-state index is 5.64. The van der Waals surface area contributed by atoms with Gasteiger partial charge in [-0.1, -0.05) is 13.3 Å². The fourth-order valence-electron chi connectivity index (χ4n) is 0.961. The van der Waals surface area contributed by atoms with Gasteiger partial charge in [-0.05, 0) is 25.2 Å². The maximum Gasteiger partial charge on any atom is 0.0737 e. The summed E-state index contributed by atoms with van der Waals surface area (Å²) in [7, 11) is 5.64. The van der Waals surface area contributed by atoms with Gasteiger partial charge < -0.3 is 5.32 Å². The third kappa shape index (κ3) is 1.93. The van der Waals surface area contributed by atoms with E-state index >= 15 is 0 Å². The van der Waals surface area contributed by atoms with E-state index in [1.807, 2.05) is 0 Å². The first-order valence-electron chi connectivity index (χ1n) is 3.92. The second-order valence-corrected chi connectivity index (χ2v) is 3.81. The van der Waals surface area contributed by atoms with Crippen LogP contribution in [0, 0.1) is 0 Å². The first-order valence-corrected chi connectivity index (χ1v) is 4.37. The standard InChI is InChI=1S/C7H14BNS/c1-2-3-4-9-7(10)5-6(7)8/h6,9-10H,2-5H2,1H3. The highest BCUT2D eigenvalue weighted by Crippen LogP contribution is 2.49. The molecule has 56 valence electrons. The van der Waals surface area contributed by atoms with E-state index in [9.17, 15) is 0 Å². The van der Waals surface area contributed by atoms with Crippen LogP contribution >= 0.6 is 12.6 Å². The molecule has 1 fully saturated rings. The molecule has 0 aromatic heterocycles. The average molecular weight is 155 g/mol. The predicted molar refractivity (Wildman–Crippen MR) is 48.7 cm³/mol. The normalized spacial score (nSPS) is 38.0. The van der Waals surface area contributed by atoms with Crippen molar-refractivity contribution in [2.45, 2.75) is 36.9 Å². The van der Waals surface area contributed by atoms with Crippen LogP contribution in [0.1, 0.15) is 26.2 Å². The lowest BCUT2D eigenvalue weighted by Crippen LogP contribution is -2.27. The second-order valence-electron chi connectivity index (χ2n) is 3.02. The molecule has 1 N–H and O–H groups in total. The smallest absolute Gasteiger partial charge is 0.0737 e. The van der Waals surface area contributed by atoms with Gasteiger partial charge in [-0.15, -0.1) is 0 Å². The molecule has 0 aliphatic heterocycles. The SMILES string of the molecule is [B]C1CC1(S)NCCCC. The van der Waals surface area contributed by atoms with Crippen LogP contribution in [0.5, 0.6) is 0 Å². The first-order chi connectivity index (χ1) is 4.69. The van der Waals surface area contributed by atoms with Crippen LogP contribution in [0.3, 0.4) is 0 Å². The molecule has 1 aliphatic carbocycles. The highest BCUT2D eigenvalue weighted by molar-refractivity contribution is 7.82. The summed E-state index contributed by atoms with van der Waals surface area (Å²) in [4.78, 5) is -0.0187. The summed E-state index contributed by atoms with van der Waals surface area (Å²) in [5.74, 6) is 0.271. The van der Waals surface area contributed by atoms with Crippen molar-refractivity contribution in [1.29, 1.82) is 0 Å². The van der Waals surface area contributed by atoms with Crippen molar-refractivity contribution >= 4 is 20.5 Å². The van der Waals surface area contributed by atoms with Gasteiger partial charge in [-0.2, -0.15) is 12.6 Å². The molecule has 0 saturated heterocycles. The molecule has 3 heteroatoms. The van der Waals surface area contributed by atoms with Gasteiger partial charge in [0.1, 0.15) is 0 Å². The molecule has 0 heterocycles. The van der Waals surface area contributed by atoms with Crippen molar-refractivity contribution < 1.29 is 0 Å². The Morgan fingerprint density at radius 2 is 2.40 bits per heavy atom. The minimum Gasteiger partial charge on any atom is -0.303 e. The maximum atomic E-state index is 5.64. The molecule has 0 aromatic rings. The predicted octanol–water partition coefficient (Wildman–Crippen LogP) is 1.36. The zero-order valence-electron chi connectivity index (χ0n) is 6.43. The number of thiol groups is 1. The first kappa shape index (κ1) is 8.47. The lowest BCUT2D eigenvalue weighted by molar-refractivity contribution is 0.612. The Hall–Kier alpha value is 0.375. The van der Waals surface area contributed by atoms with Crippen molar-refractivity contribution in [3.05, 3.63) is 0 Å². The second kappa shape index (κ2) is 3.18. The van der Waals surface area contributed by atoms with E-state index < -0.39 is 0 Å². The minimum absolute atomic E-state index is 0.0187. The molecule has 1 rings (SSSR count). The molecule has 0 bridgehead atoms. The molecule has 2 unspecified atom stereocenters. The van der Waals surface area contributed by atoms with Gasteiger partial charge in [0.25, 0.3) is 0 Å². The van der Waals surface area contributed by atoms with Crippen LogP contribution < -0.4 is 5.32 Å². The summed E-state index contributed by atoms with van der Waals surface area (Å²) >= 11 is 4.40. The largest absolute Gasteiger partial charge is 0.303 e. The quantitative estimate of drug-likeness (QED) is 0.270. The van der Waals surface area contributed by atoms with Crippen molar-refractivity contribution in [2.24, 2.45) is 0 Å². The Labute approximate surface area is 69.8 Å². The molecular weight excluding hydrogens is 141 g/mol. The lowest BCUT2D eigenvalue weighted by Gasteiger charge is -2.10. The summed E-state index contributed by atoms with van der Waals surface area (Å²) < 4.78 is 0. The van der Waals surface area contributed by atoms with E-state index in [1.165, 1.54) is 12.8 Å². The number of unbranched alkanes of at least 4 members (excludes halogenated alkanes) is 1. The Balaban J connectivity index is 2.03. The zero-order chi connectivity index (χ0) is 7.61. The van der Waals surface area contributed by atoms with Crippen molar-refractivity contribution in [3.8, 4) is 0 Å². The van der Waals surface area contributed by atoms with Crippen LogP contribution in [0.15, 0.2) is 0 Å². The van der Waals surface area contributed by atoms with E-state index in [0.29, 0.717) is 0 Å². The lowest BCUT2D eigenvalue weighted by atomic mass is 10.0. The summed E-state index contributed by atoms with van der Waals surface area (Å²) in [5.41, 5.74) is 0. The van der Waals surface area contributed by atoms with Crippen molar-refractivity contribution in [1.82, 2.24) is 5.32 Å². The van der Waals surface area contributed by atoms with Crippen molar-refractivity contribution in [3.63, 3.8) is 0 Å². The van der Waals surface area contributed by atoms with Crippen LogP contribution in [-0.2, 0) is 0 Å². The zero-order valence-corrected chi connectivity index (χ0v) is 7.32. The van der Waals surface area contributed by atoms with Crippen LogP contribution in [0.4, 0.5) is 0 Å². The highest BCUT2D eigenvalue weighted by Gasteiger charge is 2.46. The molecule has 1 saturated carbocycles. The fourth-order valence-corrected chi connectivity index (χ4v) is 1.27. The van der Waals surface area contributed by atoms with Gasteiger partial charge in [0.2, 0.25) is 0 Å². The Morgan fingerprint density at radius 1 is 1.80 bits per heavy atom. The molecule has 1 aliphatic rings. The third-order valence-electron chi connectivity index (χ3n) is 1.95. The third-order valence-corrected chi connectivity index (χ3v) is 2.62. The van der Waals surface area contributed by atoms with E-state index in [1.54, 1.807) is 0 Å². The summed E-state index contributed by atoms with van der Waals surface area (Å²) in [6.45, 7) is 3.23. The minimum atomic E-state index is -0.0187. The number of rotatable bonds is 4. The summed E-state index contributed by atoms with van der Waals surface area (Å²) in [5, 5.41) is 3.32.